The van der Waals surface area contributed by atoms with Gasteiger partial charge < -0.3 is 9.84 Å². The molecule has 3 heterocycles. The Morgan fingerprint density at radius 3 is 2.47 bits per heavy atom. The van der Waals surface area contributed by atoms with Gasteiger partial charge in [0.1, 0.15) is 18.0 Å². The molecule has 0 radical (unpaired) electrons. The van der Waals surface area contributed by atoms with Gasteiger partial charge in [0.2, 0.25) is 0 Å². The maximum Gasteiger partial charge on any atom is 0.354 e. The molecule has 2 bridgehead atoms. The molecule has 1 N–H and O–H groups in total. The molecule has 2 atom stereocenters. The molecule has 2 unspecified atom stereocenters. The summed E-state index contributed by atoms with van der Waals surface area (Å²) in [6.07, 6.45) is -0.245. The summed E-state index contributed by atoms with van der Waals surface area (Å²) >= 11 is 0. The molecule has 0 aliphatic carbocycles. The van der Waals surface area contributed by atoms with Gasteiger partial charge in [0.05, 0.1) is 0 Å². The highest BCUT2D eigenvalue weighted by atomic mass is 16.5. The summed E-state index contributed by atoms with van der Waals surface area (Å²) in [6.45, 7) is 0. The number of rotatable bonds is 2. The average Bonchev–Trinajstić information content (AvgIpc) is 2.84. The number of carboxylic acid groups (broad SMARTS) is 1. The Morgan fingerprint density at radius 2 is 1.89 bits per heavy atom. The SMILES string of the molecule is O=C(O)c1cccc(N2C(=O)C3CCC(O3)C2=O)n1. The number of anilines is 1. The molecular weight excluding hydrogens is 252 g/mol. The second-order valence-electron chi connectivity index (χ2n) is 4.39. The summed E-state index contributed by atoms with van der Waals surface area (Å²) in [4.78, 5) is 39.8. The van der Waals surface area contributed by atoms with Crippen molar-refractivity contribution in [3.8, 4) is 0 Å². The number of amides is 2. The van der Waals surface area contributed by atoms with Gasteiger partial charge in [-0.05, 0) is 25.0 Å². The highest BCUT2D eigenvalue weighted by Crippen LogP contribution is 2.30. The molecule has 0 spiro atoms. The van der Waals surface area contributed by atoms with Crippen LogP contribution in [0.3, 0.4) is 0 Å². The second-order valence-corrected chi connectivity index (χ2v) is 4.39. The largest absolute Gasteiger partial charge is 0.477 e. The van der Waals surface area contributed by atoms with Crippen LogP contribution in [0.4, 0.5) is 5.82 Å². The van der Waals surface area contributed by atoms with Crippen molar-refractivity contribution in [3.05, 3.63) is 23.9 Å². The van der Waals surface area contributed by atoms with Crippen LogP contribution in [0.1, 0.15) is 23.3 Å². The van der Waals surface area contributed by atoms with Crippen molar-refractivity contribution < 1.29 is 24.2 Å². The molecule has 1 aromatic heterocycles. The normalized spacial score (nSPS) is 25.8. The smallest absolute Gasteiger partial charge is 0.354 e. The molecule has 7 nitrogen and oxygen atoms in total. The first-order chi connectivity index (χ1) is 9.08. The van der Waals surface area contributed by atoms with Crippen LogP contribution in [0, 0.1) is 0 Å². The van der Waals surface area contributed by atoms with E-state index in [0.29, 0.717) is 12.8 Å². The van der Waals surface area contributed by atoms with Crippen molar-refractivity contribution in [2.45, 2.75) is 25.0 Å². The van der Waals surface area contributed by atoms with E-state index in [1.807, 2.05) is 0 Å². The third-order valence-corrected chi connectivity index (χ3v) is 3.19. The average molecular weight is 262 g/mol. The highest BCUT2D eigenvalue weighted by molar-refractivity contribution is 6.19. The number of fused-ring (bicyclic) bond motifs is 2. The van der Waals surface area contributed by atoms with E-state index in [0.717, 1.165) is 4.90 Å². The highest BCUT2D eigenvalue weighted by Gasteiger charge is 2.47. The lowest BCUT2D eigenvalue weighted by molar-refractivity contribution is -0.146. The Hall–Kier alpha value is -2.28. The fraction of sp³-hybridized carbons (Fsp3) is 0.333. The minimum Gasteiger partial charge on any atom is -0.477 e. The van der Waals surface area contributed by atoms with E-state index in [-0.39, 0.29) is 11.5 Å². The fourth-order valence-corrected chi connectivity index (χ4v) is 2.29. The van der Waals surface area contributed by atoms with Gasteiger partial charge in [-0.3, -0.25) is 9.59 Å². The fourth-order valence-electron chi connectivity index (χ4n) is 2.29. The maximum atomic E-state index is 12.1. The van der Waals surface area contributed by atoms with E-state index >= 15 is 0 Å². The summed E-state index contributed by atoms with van der Waals surface area (Å²) in [5, 5.41) is 8.88. The van der Waals surface area contributed by atoms with Gasteiger partial charge in [-0.1, -0.05) is 6.07 Å². The number of carbonyl (C=O) groups is 3. The molecule has 2 aliphatic rings. The third kappa shape index (κ3) is 1.78. The summed E-state index contributed by atoms with van der Waals surface area (Å²) in [5.74, 6) is -2.13. The standard InChI is InChI=1S/C12H10N2O5/c15-10-7-4-5-8(19-7)11(16)14(10)9-3-1-2-6(13-9)12(17)18/h1-3,7-8H,4-5H2,(H,17,18). The van der Waals surface area contributed by atoms with Crippen LogP contribution in [0.25, 0.3) is 0 Å². The number of pyridine rings is 1. The molecule has 0 aromatic carbocycles. The number of imide groups is 1. The number of carbonyl (C=O) groups excluding carboxylic acids is 2. The van der Waals surface area contributed by atoms with Gasteiger partial charge in [-0.25, -0.2) is 14.7 Å². The van der Waals surface area contributed by atoms with Crippen LogP contribution in [0.15, 0.2) is 18.2 Å². The molecule has 2 fully saturated rings. The molecule has 2 aliphatic heterocycles. The van der Waals surface area contributed by atoms with Gasteiger partial charge in [0.15, 0.2) is 5.69 Å². The number of aromatic nitrogens is 1. The third-order valence-electron chi connectivity index (χ3n) is 3.19. The first-order valence-electron chi connectivity index (χ1n) is 5.81. The van der Waals surface area contributed by atoms with Crippen molar-refractivity contribution in [2.75, 3.05) is 4.90 Å². The predicted molar refractivity (Wildman–Crippen MR) is 61.6 cm³/mol. The van der Waals surface area contributed by atoms with Crippen molar-refractivity contribution in [1.29, 1.82) is 0 Å². The van der Waals surface area contributed by atoms with Crippen LogP contribution < -0.4 is 4.90 Å². The summed E-state index contributed by atoms with van der Waals surface area (Å²) in [6, 6.07) is 4.19. The predicted octanol–water partition coefficient (Wildman–Crippen LogP) is 0.201. The summed E-state index contributed by atoms with van der Waals surface area (Å²) < 4.78 is 5.27. The van der Waals surface area contributed by atoms with Crippen LogP contribution in [-0.4, -0.2) is 40.1 Å². The van der Waals surface area contributed by atoms with E-state index in [1.54, 1.807) is 0 Å². The first-order valence-corrected chi connectivity index (χ1v) is 5.81. The molecular formula is C12H10N2O5. The monoisotopic (exact) mass is 262 g/mol. The zero-order chi connectivity index (χ0) is 13.6. The van der Waals surface area contributed by atoms with Gasteiger partial charge in [0, 0.05) is 0 Å². The quantitative estimate of drug-likeness (QED) is 0.765. The number of aromatic carboxylic acids is 1. The minimum atomic E-state index is -1.21. The summed E-state index contributed by atoms with van der Waals surface area (Å²) in [7, 11) is 0. The number of hydrogen-bond acceptors (Lipinski definition) is 5. The van der Waals surface area contributed by atoms with Crippen molar-refractivity contribution >= 4 is 23.6 Å². The van der Waals surface area contributed by atoms with Crippen LogP contribution >= 0.6 is 0 Å². The Morgan fingerprint density at radius 1 is 1.26 bits per heavy atom. The lowest BCUT2D eigenvalue weighted by Crippen LogP contribution is -2.52. The van der Waals surface area contributed by atoms with Crippen molar-refractivity contribution in [3.63, 3.8) is 0 Å². The zero-order valence-electron chi connectivity index (χ0n) is 9.78. The Labute approximate surface area is 107 Å². The maximum absolute atomic E-state index is 12.1. The number of ether oxygens (including phenoxy) is 1. The molecule has 19 heavy (non-hydrogen) atoms. The first kappa shape index (κ1) is 11.8. The van der Waals surface area contributed by atoms with E-state index in [1.165, 1.54) is 18.2 Å². The van der Waals surface area contributed by atoms with Gasteiger partial charge in [-0.15, -0.1) is 0 Å². The Kier molecular flexibility index (Phi) is 2.56. The Balaban J connectivity index is 2.01. The zero-order valence-corrected chi connectivity index (χ0v) is 9.78. The number of nitrogens with zero attached hydrogens (tertiary/aromatic N) is 2. The molecule has 2 saturated heterocycles. The van der Waals surface area contributed by atoms with E-state index in [9.17, 15) is 14.4 Å². The molecule has 2 amide bonds. The van der Waals surface area contributed by atoms with Gasteiger partial charge in [0.25, 0.3) is 11.8 Å². The lowest BCUT2D eigenvalue weighted by atomic mass is 10.2. The van der Waals surface area contributed by atoms with Gasteiger partial charge >= 0.3 is 5.97 Å². The molecule has 0 saturated carbocycles. The number of morpholine rings is 1. The van der Waals surface area contributed by atoms with Crippen LogP contribution in [0.2, 0.25) is 0 Å². The van der Waals surface area contributed by atoms with E-state index in [2.05, 4.69) is 4.98 Å². The molecule has 1 aromatic rings. The van der Waals surface area contributed by atoms with Crippen LogP contribution in [0.5, 0.6) is 0 Å². The van der Waals surface area contributed by atoms with Crippen molar-refractivity contribution in [1.82, 2.24) is 4.98 Å². The van der Waals surface area contributed by atoms with Crippen molar-refractivity contribution in [2.24, 2.45) is 0 Å². The second kappa shape index (κ2) is 4.13. The number of carboxylic acids is 1. The topological polar surface area (TPSA) is 96.8 Å². The van der Waals surface area contributed by atoms with E-state index < -0.39 is 30.0 Å². The van der Waals surface area contributed by atoms with Gasteiger partial charge in [-0.2, -0.15) is 0 Å². The number of hydrogen-bond donors (Lipinski definition) is 1. The minimum absolute atomic E-state index is 0.0371. The summed E-state index contributed by atoms with van der Waals surface area (Å²) in [5.41, 5.74) is -0.211. The lowest BCUT2D eigenvalue weighted by Gasteiger charge is -2.29. The van der Waals surface area contributed by atoms with E-state index in [4.69, 9.17) is 9.84 Å². The molecule has 3 rings (SSSR count). The molecule has 7 heteroatoms. The van der Waals surface area contributed by atoms with Crippen LogP contribution in [-0.2, 0) is 14.3 Å². The Bertz CT molecular complexity index is 563. The molecule has 98 valence electrons.